The van der Waals surface area contributed by atoms with Gasteiger partial charge in [0, 0.05) is 93.3 Å². The maximum Gasteiger partial charge on any atom is 0.303 e. The molecule has 24 nitrogen and oxygen atoms in total. The lowest BCUT2D eigenvalue weighted by Crippen LogP contribution is -2.47. The van der Waals surface area contributed by atoms with Crippen molar-refractivity contribution < 1.29 is 57.8 Å². The molecule has 11 aromatic rings. The Morgan fingerprint density at radius 1 is 0.378 bits per heavy atom. The smallest absolute Gasteiger partial charge is 0.303 e. The molecule has 740 valence electrons. The number of nitrogens with one attached hydrogen (secondary N) is 5. The minimum absolute atomic E-state index is 0.0980. The van der Waals surface area contributed by atoms with Gasteiger partial charge in [-0.25, -0.2) is 9.97 Å². The lowest BCUT2D eigenvalue weighted by Gasteiger charge is -2.32. The zero-order valence-corrected chi connectivity index (χ0v) is 85.8. The van der Waals surface area contributed by atoms with E-state index in [4.69, 9.17) is 48.5 Å². The number of thiophene rings is 5. The Bertz CT molecular complexity index is 6280. The second-order valence-electron chi connectivity index (χ2n) is 34.8. The molecule has 5 aliphatic rings. The number of aryl methyl sites for hydroxylation is 1. The molecule has 5 aromatic carbocycles. The highest BCUT2D eigenvalue weighted by atomic mass is 35.5. The fourth-order valence-electron chi connectivity index (χ4n) is 18.3. The van der Waals surface area contributed by atoms with Gasteiger partial charge in [0.05, 0.1) is 24.2 Å². The number of benzene rings is 5. The Hall–Kier alpha value is -13.6. The van der Waals surface area contributed by atoms with Gasteiger partial charge in [-0.2, -0.15) is 0 Å². The molecule has 5 unspecified atom stereocenters. The quantitative estimate of drug-likeness (QED) is 0.0196. The van der Waals surface area contributed by atoms with E-state index in [0.717, 1.165) is 164 Å². The number of thioether (sulfide) groups is 1. The topological polar surface area (TPSA) is 302 Å². The number of terminal acetylenes is 5. The molecule has 31 heteroatoms. The largest absolute Gasteiger partial charge is 0.506 e. The van der Waals surface area contributed by atoms with E-state index in [2.05, 4.69) is 66.2 Å². The van der Waals surface area contributed by atoms with Gasteiger partial charge in [0.2, 0.25) is 29.5 Å². The first-order chi connectivity index (χ1) is 69.6. The number of phenols is 1. The molecule has 0 spiro atoms. The van der Waals surface area contributed by atoms with Crippen LogP contribution in [0.1, 0.15) is 221 Å². The van der Waals surface area contributed by atoms with Crippen LogP contribution in [0.5, 0.6) is 11.5 Å². The molecule has 5 saturated carbocycles. The molecule has 16 rings (SSSR count). The van der Waals surface area contributed by atoms with Crippen molar-refractivity contribution >= 4 is 168 Å². The van der Waals surface area contributed by atoms with E-state index in [1.165, 1.54) is 126 Å². The maximum absolute atomic E-state index is 13.6. The molecule has 143 heavy (non-hydrogen) atoms. The zero-order chi connectivity index (χ0) is 102. The summed E-state index contributed by atoms with van der Waals surface area (Å²) in [5.74, 6) is 7.89. The number of aromatic hydroxyl groups is 1. The number of anilines is 5. The number of rotatable bonds is 28. The monoisotopic (exact) mass is 2050 g/mol. The van der Waals surface area contributed by atoms with E-state index >= 15 is 0 Å². The number of para-hydroxylation sites is 4. The molecule has 5 aliphatic carbocycles. The molecule has 5 fully saturated rings. The summed E-state index contributed by atoms with van der Waals surface area (Å²) in [7, 11) is 1.53. The van der Waals surface area contributed by atoms with Crippen LogP contribution in [0, 0.1) is 68.6 Å². The zero-order valence-electron chi connectivity index (χ0n) is 80.1. The molecule has 0 saturated heterocycles. The highest BCUT2D eigenvalue weighted by Crippen LogP contribution is 2.42. The van der Waals surface area contributed by atoms with E-state index < -0.39 is 59.7 Å². The molecule has 6 heterocycles. The fourth-order valence-corrected chi connectivity index (χ4v) is 22.9. The van der Waals surface area contributed by atoms with Crippen molar-refractivity contribution in [2.75, 3.05) is 37.9 Å². The predicted octanol–water partition coefficient (Wildman–Crippen LogP) is 21.4. The van der Waals surface area contributed by atoms with Crippen LogP contribution >= 0.6 is 80.0 Å². The molecule has 0 bridgehead atoms. The average Bonchev–Trinajstić information content (AvgIpc) is 1.79. The minimum atomic E-state index is -0.927. The van der Waals surface area contributed by atoms with Crippen molar-refractivity contribution in [2.24, 2.45) is 0 Å². The lowest BCUT2D eigenvalue weighted by molar-refractivity contribution is -0.126. The summed E-state index contributed by atoms with van der Waals surface area (Å²) in [6.45, 7) is 1.82. The first-order valence-corrected chi connectivity index (χ1v) is 54.0. The predicted molar refractivity (Wildman–Crippen MR) is 575 cm³/mol. The van der Waals surface area contributed by atoms with E-state index in [0.29, 0.717) is 44.2 Å². The summed E-state index contributed by atoms with van der Waals surface area (Å²) in [4.78, 5) is 151. The number of nitrogens with zero attached hydrogens (tertiary/aromatic N) is 7. The Labute approximate surface area is 866 Å². The van der Waals surface area contributed by atoms with Gasteiger partial charge in [0.1, 0.15) is 17.3 Å². The van der Waals surface area contributed by atoms with Gasteiger partial charge in [-0.15, -0.1) is 101 Å². The second kappa shape index (κ2) is 55.7. The lowest BCUT2D eigenvalue weighted by atomic mass is 9.95. The summed E-state index contributed by atoms with van der Waals surface area (Å²) in [6.07, 6.45) is 57.6. The van der Waals surface area contributed by atoms with Gasteiger partial charge in [-0.1, -0.05) is 181 Å². The third kappa shape index (κ3) is 30.0. The third-order valence-corrected chi connectivity index (χ3v) is 30.8. The summed E-state index contributed by atoms with van der Waals surface area (Å²) in [5, 5.41) is 35.9. The van der Waals surface area contributed by atoms with Crippen LogP contribution in [0.15, 0.2) is 226 Å². The van der Waals surface area contributed by atoms with Gasteiger partial charge in [0.25, 0.3) is 0 Å². The van der Waals surface area contributed by atoms with Crippen LogP contribution in [0.25, 0.3) is 11.3 Å². The normalized spacial score (nSPS) is 15.3. The fraction of sp³-hybridized carbons (Fsp3) is 0.339. The SMILES string of the molecule is C#CC(=O)N(c1ccc(Cl)cc1)C(C(=O)NC1CCCCC1)c1cccs1.C#CC(=O)N(c1cccc(-c2ccnc(C)n2)c1)C(C(=O)NC1CCCCC1)c1cccs1.C#CC(=O)N(c1cccc(SC)c1)C(C(=O)NC1CCCCC1)c1cccs1.C#CC(=O)N(c1ccccc1O)C(C(=O)NC1CCCCC1)c1cccs1.C#CC(=O)N(c1ccccc1OC)C(C(=O)NC1CCCCC1)c1cccs1. The van der Waals surface area contributed by atoms with Gasteiger partial charge in [-0.3, -0.25) is 72.4 Å². The molecular formula is C112H117ClN12O12S6. The first kappa shape index (κ1) is 108. The minimum Gasteiger partial charge on any atom is -0.506 e. The highest BCUT2D eigenvalue weighted by molar-refractivity contribution is 7.98. The molecule has 6 N–H and O–H groups in total. The number of carbonyl (C=O) groups excluding carboxylic acids is 10. The van der Waals surface area contributed by atoms with E-state index in [-0.39, 0.29) is 71.2 Å². The number of carbonyl (C=O) groups is 10. The average molecular weight is 2050 g/mol. The Kier molecular flexibility index (Phi) is 42.2. The number of hydrogen-bond donors (Lipinski definition) is 6. The third-order valence-electron chi connectivity index (χ3n) is 25.2. The summed E-state index contributed by atoms with van der Waals surface area (Å²) in [5.41, 5.74) is 3.96. The number of halogens is 1. The summed E-state index contributed by atoms with van der Waals surface area (Å²) in [6, 6.07) is 52.0. The van der Waals surface area contributed by atoms with Gasteiger partial charge in [-0.05, 0) is 249 Å². The number of amides is 10. The number of ether oxygens (including phenoxy) is 1. The van der Waals surface area contributed by atoms with Gasteiger partial charge in [0.15, 0.2) is 30.2 Å². The maximum atomic E-state index is 13.6. The molecule has 6 aromatic heterocycles. The van der Waals surface area contributed by atoms with Crippen molar-refractivity contribution in [3.8, 4) is 84.5 Å². The van der Waals surface area contributed by atoms with E-state index in [9.17, 15) is 53.1 Å². The molecule has 5 atom stereocenters. The highest BCUT2D eigenvalue weighted by Gasteiger charge is 2.42. The van der Waals surface area contributed by atoms with Crippen molar-refractivity contribution in [1.82, 2.24) is 36.6 Å². The molecule has 0 aliphatic heterocycles. The van der Waals surface area contributed by atoms with Gasteiger partial charge >= 0.3 is 29.5 Å². The van der Waals surface area contributed by atoms with Gasteiger partial charge < -0.3 is 36.4 Å². The van der Waals surface area contributed by atoms with Crippen LogP contribution in [-0.4, -0.2) is 118 Å². The first-order valence-electron chi connectivity index (χ1n) is 48.0. The van der Waals surface area contributed by atoms with Crippen molar-refractivity contribution in [1.29, 1.82) is 0 Å². The second-order valence-corrected chi connectivity index (χ2v) is 41.0. The van der Waals surface area contributed by atoms with Crippen LogP contribution in [0.2, 0.25) is 5.02 Å². The van der Waals surface area contributed by atoms with Crippen LogP contribution in [0.4, 0.5) is 28.4 Å². The van der Waals surface area contributed by atoms with E-state index in [1.54, 1.807) is 90.8 Å². The van der Waals surface area contributed by atoms with Crippen LogP contribution in [0.3, 0.4) is 0 Å². The van der Waals surface area contributed by atoms with Crippen molar-refractivity contribution in [2.45, 2.75) is 233 Å². The number of phenolic OH excluding ortho intramolecular Hbond substituents is 1. The number of hydrogen-bond acceptors (Lipinski definition) is 20. The van der Waals surface area contributed by atoms with Crippen LogP contribution < -0.4 is 55.8 Å². The summed E-state index contributed by atoms with van der Waals surface area (Å²) < 4.78 is 5.43. The number of aromatic nitrogens is 2. The standard InChI is InChI=1S/C26H26N4O2S.C22H24N2O3S.C22H24N2O2S2.C21H21ClN2O2S.C21H22N2O3S/c1-3-24(31)30(21-12-7-9-19(17-21)22-14-15-27-18(2)28-22)25(23-13-8-16-33-23)26(32)29-20-10-5-4-6-11-20;1-3-20(25)24(17-12-7-8-13-18(17)27-2)21(19-14-9-15-28-19)22(26)23-16-10-5-4-6-11-16;1-3-20(25)24(17-11-7-12-18(15-17)27-2)21(19-13-8-14-28-19)22(26)23-16-9-5-4-6-10-16;1-2-19(25)24(17-12-10-15(22)11-13-17)20(18-9-6-14-27-18)21(26)23-16-7-4-3-5-8-16;1-2-19(25)23(16-11-6-7-12-17(16)24)20(18-13-8-14-27-18)21(26)22-15-9-4-3-5-10-15/h1,7-9,12-17,20,25H,4-6,10-11H2,2H3,(H,29,32);1,7-9,12-16,21H,4-6,10-11H2,2H3,(H,23,26);1,7-8,11-16,21H,4-6,9-10H2,2H3,(H,23,26);1,6,9-14,16,20H,3-5,7-8H2,(H,23,26);1,6-8,11-15,20,24H,3-5,9-10H2,(H,22,26). The Morgan fingerprint density at radius 2 is 0.692 bits per heavy atom. The van der Waals surface area contributed by atoms with Crippen LogP contribution in [-0.2, 0) is 47.9 Å². The Morgan fingerprint density at radius 3 is 1.02 bits per heavy atom. The van der Waals surface area contributed by atoms with E-state index in [1.807, 2.05) is 149 Å². The van der Waals surface area contributed by atoms with Crippen molar-refractivity contribution in [3.63, 3.8) is 0 Å². The Balaban J connectivity index is 0.000000160. The molecule has 10 amide bonds. The summed E-state index contributed by atoms with van der Waals surface area (Å²) >= 11 is 14.7. The number of methoxy groups -OCH3 is 1. The molecule has 0 radical (unpaired) electrons. The van der Waals surface area contributed by atoms with Crippen molar-refractivity contribution in [3.05, 3.63) is 256 Å². The molecular weight excluding hydrogens is 1930 g/mol.